The molecule has 0 bridgehead atoms. The van der Waals surface area contributed by atoms with E-state index in [1.807, 2.05) is 13.8 Å². The molecule has 0 saturated heterocycles. The van der Waals surface area contributed by atoms with Gasteiger partial charge in [0.05, 0.1) is 4.90 Å². The maximum absolute atomic E-state index is 12.0. The van der Waals surface area contributed by atoms with Crippen molar-refractivity contribution in [1.82, 2.24) is 10.0 Å². The Morgan fingerprint density at radius 3 is 2.62 bits per heavy atom. The summed E-state index contributed by atoms with van der Waals surface area (Å²) in [5, 5.41) is 2.73. The fourth-order valence-electron chi connectivity index (χ4n) is 1.46. The van der Waals surface area contributed by atoms with Gasteiger partial charge in [-0.25, -0.2) is 13.1 Å². The molecule has 0 aliphatic heterocycles. The zero-order valence-corrected chi connectivity index (χ0v) is 14.4. The van der Waals surface area contributed by atoms with E-state index in [-0.39, 0.29) is 23.8 Å². The van der Waals surface area contributed by atoms with Crippen molar-refractivity contribution in [3.8, 4) is 0 Å². The van der Waals surface area contributed by atoms with Crippen molar-refractivity contribution in [3.05, 3.63) is 22.7 Å². The number of hydrogen-bond donors (Lipinski definition) is 3. The van der Waals surface area contributed by atoms with Gasteiger partial charge in [0.15, 0.2) is 0 Å². The molecule has 8 heteroatoms. The van der Waals surface area contributed by atoms with Crippen molar-refractivity contribution < 1.29 is 13.2 Å². The Kier molecular flexibility index (Phi) is 6.63. The standard InChI is InChI=1S/C13H20BrN3O3S/c1-9(2)8-16-13(18)5-6-17-21(19,20)10-3-4-12(15)11(14)7-10/h3-4,7,9,17H,5-6,8,15H2,1-2H3,(H,16,18). The van der Waals surface area contributed by atoms with Crippen LogP contribution in [-0.4, -0.2) is 27.4 Å². The predicted molar refractivity (Wildman–Crippen MR) is 86.2 cm³/mol. The summed E-state index contributed by atoms with van der Waals surface area (Å²) in [6, 6.07) is 4.35. The molecule has 6 nitrogen and oxygen atoms in total. The van der Waals surface area contributed by atoms with Crippen molar-refractivity contribution in [2.75, 3.05) is 18.8 Å². The first-order valence-corrected chi connectivity index (χ1v) is 8.81. The molecular weight excluding hydrogens is 358 g/mol. The largest absolute Gasteiger partial charge is 0.398 e. The summed E-state index contributed by atoms with van der Waals surface area (Å²) in [5.74, 6) is 0.183. The highest BCUT2D eigenvalue weighted by atomic mass is 79.9. The molecule has 0 aromatic heterocycles. The molecule has 0 aliphatic carbocycles. The third kappa shape index (κ3) is 6.03. The predicted octanol–water partition coefficient (Wildman–Crippen LogP) is 1.47. The Morgan fingerprint density at radius 2 is 2.05 bits per heavy atom. The highest BCUT2D eigenvalue weighted by Crippen LogP contribution is 2.22. The van der Waals surface area contributed by atoms with E-state index in [1.165, 1.54) is 18.2 Å². The van der Waals surface area contributed by atoms with Crippen molar-refractivity contribution >= 4 is 37.5 Å². The summed E-state index contributed by atoms with van der Waals surface area (Å²) in [4.78, 5) is 11.6. The number of amides is 1. The van der Waals surface area contributed by atoms with Crippen molar-refractivity contribution in [3.63, 3.8) is 0 Å². The highest BCUT2D eigenvalue weighted by Gasteiger charge is 2.15. The Morgan fingerprint density at radius 1 is 1.38 bits per heavy atom. The lowest BCUT2D eigenvalue weighted by Gasteiger charge is -2.09. The average Bonchev–Trinajstić information content (AvgIpc) is 2.39. The summed E-state index contributed by atoms with van der Waals surface area (Å²) in [7, 11) is -3.64. The minimum absolute atomic E-state index is 0.0499. The molecule has 0 spiro atoms. The topological polar surface area (TPSA) is 101 Å². The number of benzene rings is 1. The van der Waals surface area contributed by atoms with Crippen LogP contribution in [0.1, 0.15) is 20.3 Å². The molecule has 4 N–H and O–H groups in total. The molecule has 0 unspecified atom stereocenters. The van der Waals surface area contributed by atoms with Crippen LogP contribution in [0.2, 0.25) is 0 Å². The van der Waals surface area contributed by atoms with E-state index in [0.717, 1.165) is 0 Å². The van der Waals surface area contributed by atoms with Gasteiger partial charge in [0.25, 0.3) is 0 Å². The molecule has 0 atom stereocenters. The second-order valence-corrected chi connectivity index (χ2v) is 7.65. The average molecular weight is 378 g/mol. The molecule has 1 amide bonds. The lowest BCUT2D eigenvalue weighted by molar-refractivity contribution is -0.121. The van der Waals surface area contributed by atoms with Crippen LogP contribution in [-0.2, 0) is 14.8 Å². The zero-order valence-electron chi connectivity index (χ0n) is 12.0. The molecule has 0 aliphatic rings. The van der Waals surface area contributed by atoms with Gasteiger partial charge in [-0.05, 0) is 40.0 Å². The van der Waals surface area contributed by atoms with Gasteiger partial charge in [0, 0.05) is 29.7 Å². The van der Waals surface area contributed by atoms with E-state index < -0.39 is 10.0 Å². The van der Waals surface area contributed by atoms with Crippen LogP contribution in [0.15, 0.2) is 27.6 Å². The summed E-state index contributed by atoms with van der Waals surface area (Å²) in [6.45, 7) is 4.61. The molecule has 1 aromatic rings. The van der Waals surface area contributed by atoms with Gasteiger partial charge in [0.2, 0.25) is 15.9 Å². The molecule has 0 fully saturated rings. The summed E-state index contributed by atoms with van der Waals surface area (Å²) >= 11 is 3.18. The lowest BCUT2D eigenvalue weighted by atomic mass is 10.2. The quantitative estimate of drug-likeness (QED) is 0.626. The SMILES string of the molecule is CC(C)CNC(=O)CCNS(=O)(=O)c1ccc(N)c(Br)c1. The van der Waals surface area contributed by atoms with E-state index in [4.69, 9.17) is 5.73 Å². The normalized spacial score (nSPS) is 11.6. The first-order chi connectivity index (χ1) is 9.72. The van der Waals surface area contributed by atoms with Crippen LogP contribution in [0.5, 0.6) is 0 Å². The van der Waals surface area contributed by atoms with Gasteiger partial charge in [-0.2, -0.15) is 0 Å². The smallest absolute Gasteiger partial charge is 0.240 e. The molecule has 1 rings (SSSR count). The number of nitrogen functional groups attached to an aromatic ring is 1. The molecule has 0 heterocycles. The van der Waals surface area contributed by atoms with Gasteiger partial charge in [-0.1, -0.05) is 13.8 Å². The summed E-state index contributed by atoms with van der Waals surface area (Å²) in [6.07, 6.45) is 0.0993. The molecule has 0 radical (unpaired) electrons. The zero-order chi connectivity index (χ0) is 16.0. The van der Waals surface area contributed by atoms with Crippen molar-refractivity contribution in [2.24, 2.45) is 5.92 Å². The van der Waals surface area contributed by atoms with Gasteiger partial charge >= 0.3 is 0 Å². The van der Waals surface area contributed by atoms with Gasteiger partial charge in [-0.15, -0.1) is 0 Å². The Bertz CT molecular complexity index is 603. The summed E-state index contributed by atoms with van der Waals surface area (Å²) < 4.78 is 27.0. The Labute approximate surface area is 133 Å². The number of nitrogens with two attached hydrogens (primary N) is 1. The molecule has 21 heavy (non-hydrogen) atoms. The number of carbonyl (C=O) groups excluding carboxylic acids is 1. The second kappa shape index (κ2) is 7.77. The van der Waals surface area contributed by atoms with Crippen LogP contribution in [0, 0.1) is 5.92 Å². The molecular formula is C13H20BrN3O3S. The number of anilines is 1. The highest BCUT2D eigenvalue weighted by molar-refractivity contribution is 9.10. The minimum atomic E-state index is -3.64. The number of carbonyl (C=O) groups is 1. The van der Waals surface area contributed by atoms with E-state index in [1.54, 1.807) is 0 Å². The second-order valence-electron chi connectivity index (χ2n) is 5.03. The van der Waals surface area contributed by atoms with E-state index in [9.17, 15) is 13.2 Å². The molecule has 0 saturated carbocycles. The fraction of sp³-hybridized carbons (Fsp3) is 0.462. The first kappa shape index (κ1) is 17.9. The van der Waals surface area contributed by atoms with E-state index >= 15 is 0 Å². The number of hydrogen-bond acceptors (Lipinski definition) is 4. The number of sulfonamides is 1. The fourth-order valence-corrected chi connectivity index (χ4v) is 3.05. The Balaban J connectivity index is 2.53. The van der Waals surface area contributed by atoms with Crippen LogP contribution in [0.4, 0.5) is 5.69 Å². The van der Waals surface area contributed by atoms with Crippen molar-refractivity contribution in [1.29, 1.82) is 0 Å². The van der Waals surface area contributed by atoms with Crippen LogP contribution in [0.3, 0.4) is 0 Å². The van der Waals surface area contributed by atoms with Crippen LogP contribution >= 0.6 is 15.9 Å². The third-order valence-corrected chi connectivity index (χ3v) is 4.78. The van der Waals surface area contributed by atoms with Gasteiger partial charge in [-0.3, -0.25) is 4.79 Å². The number of halogens is 1. The summed E-state index contributed by atoms with van der Waals surface area (Å²) in [5.41, 5.74) is 6.07. The van der Waals surface area contributed by atoms with Gasteiger partial charge in [0.1, 0.15) is 0 Å². The monoisotopic (exact) mass is 377 g/mol. The number of rotatable bonds is 7. The van der Waals surface area contributed by atoms with Crippen molar-refractivity contribution in [2.45, 2.75) is 25.2 Å². The van der Waals surface area contributed by atoms with E-state index in [0.29, 0.717) is 22.6 Å². The van der Waals surface area contributed by atoms with Crippen LogP contribution in [0.25, 0.3) is 0 Å². The minimum Gasteiger partial charge on any atom is -0.398 e. The first-order valence-electron chi connectivity index (χ1n) is 6.54. The molecule has 1 aromatic carbocycles. The van der Waals surface area contributed by atoms with Crippen LogP contribution < -0.4 is 15.8 Å². The van der Waals surface area contributed by atoms with E-state index in [2.05, 4.69) is 26.0 Å². The maximum Gasteiger partial charge on any atom is 0.240 e. The third-order valence-electron chi connectivity index (χ3n) is 2.63. The van der Waals surface area contributed by atoms with Gasteiger partial charge < -0.3 is 11.1 Å². The maximum atomic E-state index is 12.0. The molecule has 118 valence electrons. The lowest BCUT2D eigenvalue weighted by Crippen LogP contribution is -2.32. The Hall–Kier alpha value is -1.12. The number of nitrogens with one attached hydrogen (secondary N) is 2.